The van der Waals surface area contributed by atoms with Gasteiger partial charge < -0.3 is 11.1 Å². The second kappa shape index (κ2) is 4.41. The minimum atomic E-state index is -5.74. The van der Waals surface area contributed by atoms with E-state index >= 15 is 0 Å². The van der Waals surface area contributed by atoms with Gasteiger partial charge in [-0.15, -0.1) is 0 Å². The smallest absolute Gasteiger partial charge is 0.369 e. The van der Waals surface area contributed by atoms with E-state index in [1.165, 1.54) is 5.32 Å². The number of carbonyl (C=O) groups excluding carboxylic acids is 2. The molecule has 0 aromatic carbocycles. The predicted octanol–water partition coefficient (Wildman–Crippen LogP) is 0.176. The molecule has 0 spiro atoms. The zero-order chi connectivity index (χ0) is 12.3. The van der Waals surface area contributed by atoms with Gasteiger partial charge in [-0.1, -0.05) is 0 Å². The van der Waals surface area contributed by atoms with Crippen molar-refractivity contribution < 1.29 is 31.5 Å². The number of rotatable bonds is 4. The highest BCUT2D eigenvalue weighted by atomic mass is 19.4. The summed E-state index contributed by atoms with van der Waals surface area (Å²) in [6.07, 6.45) is -6.68. The third-order valence-corrected chi connectivity index (χ3v) is 1.26. The molecule has 0 aromatic rings. The third kappa shape index (κ3) is 4.56. The van der Waals surface area contributed by atoms with Crippen LogP contribution in [0.1, 0.15) is 6.42 Å². The number of amides is 2. The number of halogens is 5. The molecule has 0 aliphatic rings. The first-order chi connectivity index (χ1) is 6.56. The first-order valence-corrected chi connectivity index (χ1v) is 3.56. The highest BCUT2D eigenvalue weighted by molar-refractivity contribution is 5.96. The lowest BCUT2D eigenvalue weighted by atomic mass is 10.3. The van der Waals surface area contributed by atoms with Crippen LogP contribution in [0.5, 0.6) is 0 Å². The summed E-state index contributed by atoms with van der Waals surface area (Å²) in [5, 5.41) is 1.25. The van der Waals surface area contributed by atoms with Crippen molar-refractivity contribution in [2.45, 2.75) is 18.5 Å². The Balaban J connectivity index is 4.16. The van der Waals surface area contributed by atoms with Crippen molar-refractivity contribution in [3.05, 3.63) is 0 Å². The summed E-state index contributed by atoms with van der Waals surface area (Å²) in [5.74, 6) is -7.44. The molecule has 0 aliphatic carbocycles. The summed E-state index contributed by atoms with van der Waals surface area (Å²) in [6, 6.07) is 0. The van der Waals surface area contributed by atoms with E-state index in [1.807, 2.05) is 0 Å². The minimum Gasteiger partial charge on any atom is -0.369 e. The molecule has 0 saturated heterocycles. The lowest BCUT2D eigenvalue weighted by Crippen LogP contribution is -2.47. The highest BCUT2D eigenvalue weighted by Gasteiger charge is 2.57. The van der Waals surface area contributed by atoms with Crippen LogP contribution in [0.25, 0.3) is 0 Å². The second-order valence-electron chi connectivity index (χ2n) is 2.62. The lowest BCUT2D eigenvalue weighted by molar-refractivity contribution is -0.278. The maximum Gasteiger partial charge on any atom is 0.455 e. The first kappa shape index (κ1) is 13.6. The fraction of sp³-hybridized carbons (Fsp3) is 0.667. The van der Waals surface area contributed by atoms with Crippen LogP contribution in [0.15, 0.2) is 0 Å². The molecule has 0 unspecified atom stereocenters. The summed E-state index contributed by atoms with van der Waals surface area (Å²) in [7, 11) is 0. The summed E-state index contributed by atoms with van der Waals surface area (Å²) in [4.78, 5) is 20.6. The molecule has 0 heterocycles. The van der Waals surface area contributed by atoms with E-state index in [0.29, 0.717) is 0 Å². The fourth-order valence-corrected chi connectivity index (χ4v) is 0.531. The molecular formula is C6H7F5N2O2. The molecule has 0 fully saturated rings. The van der Waals surface area contributed by atoms with Gasteiger partial charge in [0.1, 0.15) is 6.42 Å². The van der Waals surface area contributed by atoms with Crippen LogP contribution in [0.4, 0.5) is 22.0 Å². The van der Waals surface area contributed by atoms with Crippen molar-refractivity contribution in [3.8, 4) is 0 Å². The van der Waals surface area contributed by atoms with E-state index in [9.17, 15) is 31.5 Å². The zero-order valence-corrected chi connectivity index (χ0v) is 7.20. The number of primary amides is 1. The number of alkyl halides is 5. The molecule has 15 heavy (non-hydrogen) atoms. The maximum atomic E-state index is 12.2. The van der Waals surface area contributed by atoms with Crippen LogP contribution < -0.4 is 11.1 Å². The van der Waals surface area contributed by atoms with Crippen LogP contribution in [-0.2, 0) is 9.59 Å². The Morgan fingerprint density at radius 3 is 1.93 bits per heavy atom. The summed E-state index contributed by atoms with van der Waals surface area (Å²) in [5.41, 5.74) is 4.51. The van der Waals surface area contributed by atoms with Gasteiger partial charge in [0.25, 0.3) is 0 Å². The van der Waals surface area contributed by atoms with E-state index in [0.717, 1.165) is 0 Å². The molecule has 0 saturated carbocycles. The normalized spacial score (nSPS) is 12.3. The van der Waals surface area contributed by atoms with Crippen LogP contribution >= 0.6 is 0 Å². The van der Waals surface area contributed by atoms with Crippen LogP contribution in [-0.4, -0.2) is 30.5 Å². The van der Waals surface area contributed by atoms with Crippen LogP contribution in [0.2, 0.25) is 0 Å². The van der Waals surface area contributed by atoms with Crippen molar-refractivity contribution in [3.63, 3.8) is 0 Å². The molecule has 0 atom stereocenters. The molecule has 0 radical (unpaired) electrons. The van der Waals surface area contributed by atoms with Crippen LogP contribution in [0.3, 0.4) is 0 Å². The third-order valence-electron chi connectivity index (χ3n) is 1.26. The van der Waals surface area contributed by atoms with Crippen molar-refractivity contribution >= 4 is 11.8 Å². The van der Waals surface area contributed by atoms with E-state index in [1.54, 1.807) is 0 Å². The van der Waals surface area contributed by atoms with Gasteiger partial charge in [-0.25, -0.2) is 0 Å². The lowest BCUT2D eigenvalue weighted by Gasteiger charge is -2.19. The molecule has 0 aliphatic heterocycles. The van der Waals surface area contributed by atoms with Crippen molar-refractivity contribution in [1.82, 2.24) is 5.32 Å². The molecule has 3 N–H and O–H groups in total. The van der Waals surface area contributed by atoms with Gasteiger partial charge in [-0.2, -0.15) is 22.0 Å². The average Bonchev–Trinajstić information content (AvgIpc) is 1.97. The Morgan fingerprint density at radius 1 is 1.13 bits per heavy atom. The molecule has 0 bridgehead atoms. The van der Waals surface area contributed by atoms with E-state index in [2.05, 4.69) is 5.73 Å². The topological polar surface area (TPSA) is 72.2 Å². The summed E-state index contributed by atoms with van der Waals surface area (Å²) >= 11 is 0. The zero-order valence-electron chi connectivity index (χ0n) is 7.20. The Bertz CT molecular complexity index is 263. The Labute approximate surface area is 80.6 Å². The van der Waals surface area contributed by atoms with Gasteiger partial charge in [0, 0.05) is 0 Å². The number of hydrogen-bond acceptors (Lipinski definition) is 2. The Hall–Kier alpha value is -1.41. The van der Waals surface area contributed by atoms with Gasteiger partial charge in [0.2, 0.25) is 11.8 Å². The van der Waals surface area contributed by atoms with E-state index in [4.69, 9.17) is 0 Å². The molecule has 9 heteroatoms. The molecule has 2 amide bonds. The Morgan fingerprint density at radius 2 is 1.60 bits per heavy atom. The molecule has 0 rings (SSSR count). The minimum absolute atomic E-state index is 0.937. The number of carbonyl (C=O) groups is 2. The fourth-order valence-electron chi connectivity index (χ4n) is 0.531. The van der Waals surface area contributed by atoms with Gasteiger partial charge in [0.05, 0.1) is 6.54 Å². The number of hydrogen-bond donors (Lipinski definition) is 2. The first-order valence-electron chi connectivity index (χ1n) is 3.56. The largest absolute Gasteiger partial charge is 0.455 e. The molecule has 4 nitrogen and oxygen atoms in total. The van der Waals surface area contributed by atoms with Gasteiger partial charge in [-0.05, 0) is 0 Å². The Kier molecular flexibility index (Phi) is 3.99. The summed E-state index contributed by atoms with van der Waals surface area (Å²) in [6.45, 7) is -1.91. The summed E-state index contributed by atoms with van der Waals surface area (Å²) < 4.78 is 59.0. The molecular weight excluding hydrogens is 227 g/mol. The van der Waals surface area contributed by atoms with Gasteiger partial charge in [0.15, 0.2) is 0 Å². The van der Waals surface area contributed by atoms with E-state index in [-0.39, 0.29) is 0 Å². The van der Waals surface area contributed by atoms with Gasteiger partial charge in [-0.3, -0.25) is 9.59 Å². The number of nitrogens with one attached hydrogen (secondary N) is 1. The molecule has 0 aromatic heterocycles. The standard InChI is InChI=1S/C6H7F5N2O2/c7-5(8,6(9,10)11)2-13-4(15)1-3(12)14/h1-2H2,(H2,12,14)(H,13,15). The van der Waals surface area contributed by atoms with Crippen molar-refractivity contribution in [2.24, 2.45) is 5.73 Å². The SMILES string of the molecule is NC(=O)CC(=O)NCC(F)(F)C(F)(F)F. The average molecular weight is 234 g/mol. The molecule has 88 valence electrons. The monoisotopic (exact) mass is 234 g/mol. The van der Waals surface area contributed by atoms with Crippen molar-refractivity contribution in [2.75, 3.05) is 6.54 Å². The second-order valence-corrected chi connectivity index (χ2v) is 2.62. The highest BCUT2D eigenvalue weighted by Crippen LogP contribution is 2.34. The van der Waals surface area contributed by atoms with Crippen LogP contribution in [0, 0.1) is 0 Å². The quantitative estimate of drug-likeness (QED) is 0.537. The predicted molar refractivity (Wildman–Crippen MR) is 37.8 cm³/mol. The van der Waals surface area contributed by atoms with Crippen molar-refractivity contribution in [1.29, 1.82) is 0 Å². The van der Waals surface area contributed by atoms with E-state index < -0.39 is 36.9 Å². The maximum absolute atomic E-state index is 12.2. The van der Waals surface area contributed by atoms with Gasteiger partial charge >= 0.3 is 12.1 Å². The number of nitrogens with two attached hydrogens (primary N) is 1.